The predicted octanol–water partition coefficient (Wildman–Crippen LogP) is 5.67. The van der Waals surface area contributed by atoms with Crippen molar-refractivity contribution >= 4 is 52.3 Å². The summed E-state index contributed by atoms with van der Waals surface area (Å²) in [6.07, 6.45) is 2.80. The first-order valence-electron chi connectivity index (χ1n) is 11.1. The average molecular weight is 503 g/mol. The molecule has 3 aromatic rings. The molecule has 0 saturated carbocycles. The van der Waals surface area contributed by atoms with Gasteiger partial charge in [-0.1, -0.05) is 32.9 Å². The lowest BCUT2D eigenvalue weighted by Gasteiger charge is -2.19. The topological polar surface area (TPSA) is 113 Å². The number of carbonyl (C=O) groups excluding carboxylic acids is 2. The molecule has 0 heterocycles. The quantitative estimate of drug-likeness (QED) is 0.173. The van der Waals surface area contributed by atoms with Crippen LogP contribution < -0.4 is 16.0 Å². The first kappa shape index (κ1) is 26.2. The Morgan fingerprint density at radius 2 is 1.42 bits per heavy atom. The Kier molecular flexibility index (Phi) is 8.29. The first-order chi connectivity index (χ1) is 17.0. The van der Waals surface area contributed by atoms with Crippen LogP contribution in [-0.4, -0.2) is 21.9 Å². The van der Waals surface area contributed by atoms with Crippen LogP contribution >= 0.6 is 12.2 Å². The predicted molar refractivity (Wildman–Crippen MR) is 146 cm³/mol. The van der Waals surface area contributed by atoms with E-state index in [4.69, 9.17) is 12.2 Å². The van der Waals surface area contributed by atoms with Crippen molar-refractivity contribution in [2.75, 3.05) is 10.6 Å². The smallest absolute Gasteiger partial charge is 0.269 e. The number of hydrogen-bond donors (Lipinski definition) is 3. The molecule has 36 heavy (non-hydrogen) atoms. The van der Waals surface area contributed by atoms with Crippen LogP contribution in [0, 0.1) is 10.1 Å². The average Bonchev–Trinajstić information content (AvgIpc) is 2.83. The Hall–Kier alpha value is -4.37. The normalized spacial score (nSPS) is 11.1. The molecule has 0 aromatic heterocycles. The van der Waals surface area contributed by atoms with Crippen LogP contribution in [0.5, 0.6) is 0 Å². The van der Waals surface area contributed by atoms with E-state index in [1.165, 1.54) is 24.3 Å². The Morgan fingerprint density at radius 1 is 0.861 bits per heavy atom. The summed E-state index contributed by atoms with van der Waals surface area (Å²) >= 11 is 5.17. The molecule has 3 aromatic carbocycles. The maximum absolute atomic E-state index is 12.5. The van der Waals surface area contributed by atoms with E-state index in [-0.39, 0.29) is 22.1 Å². The summed E-state index contributed by atoms with van der Waals surface area (Å²) < 4.78 is 0. The summed E-state index contributed by atoms with van der Waals surface area (Å²) in [6, 6.07) is 20.2. The van der Waals surface area contributed by atoms with Gasteiger partial charge in [-0.2, -0.15) is 0 Å². The highest BCUT2D eigenvalue weighted by atomic mass is 32.1. The van der Waals surface area contributed by atoms with Gasteiger partial charge in [-0.05, 0) is 83.4 Å². The third kappa shape index (κ3) is 7.57. The molecule has 3 rings (SSSR count). The van der Waals surface area contributed by atoms with Crippen LogP contribution in [0.4, 0.5) is 17.1 Å². The van der Waals surface area contributed by atoms with Gasteiger partial charge in [-0.25, -0.2) is 0 Å². The first-order valence-corrected chi connectivity index (χ1v) is 11.5. The summed E-state index contributed by atoms with van der Waals surface area (Å²) in [5, 5.41) is 19.1. The molecule has 0 aliphatic heterocycles. The number of nitro groups is 1. The minimum Gasteiger partial charge on any atom is -0.332 e. The summed E-state index contributed by atoms with van der Waals surface area (Å²) in [5.41, 5.74) is 3.59. The fraction of sp³-hybridized carbons (Fsp3) is 0.148. The van der Waals surface area contributed by atoms with Crippen LogP contribution in [0.25, 0.3) is 6.08 Å². The van der Waals surface area contributed by atoms with Crippen molar-refractivity contribution in [2.45, 2.75) is 26.2 Å². The van der Waals surface area contributed by atoms with Crippen molar-refractivity contribution in [3.05, 3.63) is 106 Å². The molecular weight excluding hydrogens is 476 g/mol. The van der Waals surface area contributed by atoms with Gasteiger partial charge >= 0.3 is 0 Å². The van der Waals surface area contributed by atoms with E-state index >= 15 is 0 Å². The zero-order valence-corrected chi connectivity index (χ0v) is 20.9. The number of non-ortho nitro benzene ring substituents is 1. The molecule has 0 radical (unpaired) electrons. The number of nitrogens with zero attached hydrogens (tertiary/aromatic N) is 1. The molecule has 0 aliphatic carbocycles. The lowest BCUT2D eigenvalue weighted by Crippen LogP contribution is -2.32. The molecule has 9 heteroatoms. The summed E-state index contributed by atoms with van der Waals surface area (Å²) in [7, 11) is 0. The van der Waals surface area contributed by atoms with Crippen molar-refractivity contribution < 1.29 is 14.5 Å². The van der Waals surface area contributed by atoms with Crippen LogP contribution in [0.15, 0.2) is 78.9 Å². The monoisotopic (exact) mass is 502 g/mol. The number of rotatable bonds is 6. The summed E-state index contributed by atoms with van der Waals surface area (Å²) in [6.45, 7) is 6.36. The van der Waals surface area contributed by atoms with Gasteiger partial charge in [0.1, 0.15) is 0 Å². The Labute approximate surface area is 214 Å². The molecule has 0 spiro atoms. The fourth-order valence-electron chi connectivity index (χ4n) is 3.16. The highest BCUT2D eigenvalue weighted by molar-refractivity contribution is 7.80. The van der Waals surface area contributed by atoms with Gasteiger partial charge in [0.2, 0.25) is 5.91 Å². The van der Waals surface area contributed by atoms with Gasteiger partial charge in [0, 0.05) is 35.1 Å². The van der Waals surface area contributed by atoms with Crippen LogP contribution in [-0.2, 0) is 10.2 Å². The van der Waals surface area contributed by atoms with Crippen LogP contribution in [0.2, 0.25) is 0 Å². The maximum Gasteiger partial charge on any atom is 0.269 e. The van der Waals surface area contributed by atoms with Gasteiger partial charge in [0.25, 0.3) is 11.6 Å². The number of nitro benzene ring substituents is 1. The minimum absolute atomic E-state index is 0.0152. The van der Waals surface area contributed by atoms with Gasteiger partial charge in [0.05, 0.1) is 4.92 Å². The van der Waals surface area contributed by atoms with Crippen LogP contribution in [0.3, 0.4) is 0 Å². The molecular formula is C27H26N4O4S. The number of benzene rings is 3. The van der Waals surface area contributed by atoms with Crippen molar-refractivity contribution in [3.63, 3.8) is 0 Å². The maximum atomic E-state index is 12.5. The number of thiocarbonyl (C=S) groups is 1. The van der Waals surface area contributed by atoms with Crippen molar-refractivity contribution in [3.8, 4) is 0 Å². The lowest BCUT2D eigenvalue weighted by molar-refractivity contribution is -0.384. The fourth-order valence-corrected chi connectivity index (χ4v) is 3.38. The van der Waals surface area contributed by atoms with Gasteiger partial charge in [-0.15, -0.1) is 0 Å². The molecule has 0 fully saturated rings. The van der Waals surface area contributed by atoms with E-state index in [2.05, 4.69) is 36.7 Å². The molecule has 0 unspecified atom stereocenters. The van der Waals surface area contributed by atoms with Crippen molar-refractivity contribution in [1.82, 2.24) is 5.32 Å². The molecule has 3 N–H and O–H groups in total. The second kappa shape index (κ2) is 11.4. The lowest BCUT2D eigenvalue weighted by atomic mass is 9.87. The Morgan fingerprint density at radius 3 is 1.94 bits per heavy atom. The van der Waals surface area contributed by atoms with Gasteiger partial charge in [-0.3, -0.25) is 25.0 Å². The Balaban J connectivity index is 1.50. The second-order valence-electron chi connectivity index (χ2n) is 8.98. The SMILES string of the molecule is CC(C)(C)c1ccc(C(=O)Nc2ccc(NC(=S)NC(=O)/C=C/c3ccc([N+](=O)[O-])cc3)cc2)cc1. The summed E-state index contributed by atoms with van der Waals surface area (Å²) in [5.74, 6) is -0.661. The van der Waals surface area contributed by atoms with E-state index in [9.17, 15) is 19.7 Å². The number of amides is 2. The highest BCUT2D eigenvalue weighted by Crippen LogP contribution is 2.22. The molecule has 0 aliphatic rings. The highest BCUT2D eigenvalue weighted by Gasteiger charge is 2.14. The standard InChI is InChI=1S/C27H26N4O4S/c1-27(2,3)20-9-7-19(8-10-20)25(33)28-21-11-13-22(14-12-21)29-26(36)30-24(32)17-6-18-4-15-23(16-5-18)31(34)35/h4-17H,1-3H3,(H,28,33)(H2,29,30,32,36)/b17-6+. The Bertz CT molecular complexity index is 1290. The summed E-state index contributed by atoms with van der Waals surface area (Å²) in [4.78, 5) is 34.8. The van der Waals surface area contributed by atoms with E-state index < -0.39 is 10.8 Å². The number of hydrogen-bond acceptors (Lipinski definition) is 5. The third-order valence-corrected chi connectivity index (χ3v) is 5.39. The van der Waals surface area contributed by atoms with Crippen molar-refractivity contribution in [2.24, 2.45) is 0 Å². The molecule has 184 valence electrons. The zero-order valence-electron chi connectivity index (χ0n) is 20.1. The second-order valence-corrected chi connectivity index (χ2v) is 9.39. The van der Waals surface area contributed by atoms with Crippen molar-refractivity contribution in [1.29, 1.82) is 0 Å². The van der Waals surface area contributed by atoms with E-state index in [0.29, 0.717) is 22.5 Å². The molecule has 8 nitrogen and oxygen atoms in total. The van der Waals surface area contributed by atoms with E-state index in [0.717, 1.165) is 5.56 Å². The number of nitrogens with one attached hydrogen (secondary N) is 3. The zero-order chi connectivity index (χ0) is 26.3. The molecule has 0 bridgehead atoms. The molecule has 0 atom stereocenters. The van der Waals surface area contributed by atoms with Crippen LogP contribution in [0.1, 0.15) is 42.3 Å². The van der Waals surface area contributed by atoms with E-state index in [1.54, 1.807) is 36.4 Å². The molecule has 0 saturated heterocycles. The van der Waals surface area contributed by atoms with Gasteiger partial charge in [0.15, 0.2) is 5.11 Å². The number of anilines is 2. The largest absolute Gasteiger partial charge is 0.332 e. The third-order valence-electron chi connectivity index (χ3n) is 5.18. The number of carbonyl (C=O) groups is 2. The molecule has 2 amide bonds. The van der Waals surface area contributed by atoms with E-state index in [1.807, 2.05) is 24.3 Å². The van der Waals surface area contributed by atoms with Gasteiger partial charge < -0.3 is 10.6 Å². The minimum atomic E-state index is -0.490.